The second kappa shape index (κ2) is 13.0. The van der Waals surface area contributed by atoms with Gasteiger partial charge in [-0.25, -0.2) is 18.2 Å². The van der Waals surface area contributed by atoms with Crippen molar-refractivity contribution >= 4 is 22.1 Å². The first-order valence-electron chi connectivity index (χ1n) is 16.2. The van der Waals surface area contributed by atoms with Gasteiger partial charge in [-0.2, -0.15) is 17.6 Å². The molecule has 0 unspecified atom stereocenters. The predicted octanol–water partition coefficient (Wildman–Crippen LogP) is 2.63. The van der Waals surface area contributed by atoms with Gasteiger partial charge < -0.3 is 14.0 Å². The van der Waals surface area contributed by atoms with Crippen molar-refractivity contribution in [1.82, 2.24) is 0 Å². The fourth-order valence-corrected chi connectivity index (χ4v) is 10.8. The van der Waals surface area contributed by atoms with E-state index in [0.717, 1.165) is 77.0 Å². The molecule has 0 atom stereocenters. The van der Waals surface area contributed by atoms with Crippen molar-refractivity contribution in [1.29, 1.82) is 0 Å². The minimum atomic E-state index is -6.62. The molecule has 0 aromatic heterocycles. The molecule has 8 saturated carbocycles. The molecule has 0 aromatic carbocycles. The third-order valence-corrected chi connectivity index (χ3v) is 12.7. The van der Waals surface area contributed by atoms with E-state index in [4.69, 9.17) is 19.2 Å². The molecule has 0 aromatic rings. The van der Waals surface area contributed by atoms with Crippen LogP contribution < -0.4 is 29.6 Å². The normalized spacial score (nSPS) is 37.4. The largest absolute Gasteiger partial charge is 1.00 e. The van der Waals surface area contributed by atoms with Crippen LogP contribution in [0, 0.1) is 51.8 Å². The van der Waals surface area contributed by atoms with Crippen LogP contribution in [-0.2, 0) is 39.0 Å². The number of halogens is 4. The van der Waals surface area contributed by atoms with Crippen LogP contribution in [0.2, 0.25) is 0 Å². The Labute approximate surface area is 289 Å². The average Bonchev–Trinajstić information content (AvgIpc) is 2.92. The van der Waals surface area contributed by atoms with E-state index in [1.807, 2.05) is 0 Å². The molecule has 9 nitrogen and oxygen atoms in total. The average molecular weight is 691 g/mol. The van der Waals surface area contributed by atoms with E-state index in [2.05, 4.69) is 0 Å². The summed E-state index contributed by atoms with van der Waals surface area (Å²) in [4.78, 5) is 36.8. The van der Waals surface area contributed by atoms with Gasteiger partial charge in [-0.1, -0.05) is 6.92 Å². The molecule has 0 aliphatic heterocycles. The third-order valence-electron chi connectivity index (χ3n) is 11.8. The van der Waals surface area contributed by atoms with Crippen molar-refractivity contribution in [2.45, 2.75) is 102 Å². The van der Waals surface area contributed by atoms with E-state index in [0.29, 0.717) is 35.5 Å². The zero-order valence-electron chi connectivity index (χ0n) is 26.6. The molecule has 0 amide bonds. The molecule has 0 N–H and O–H groups in total. The van der Waals surface area contributed by atoms with E-state index in [-0.39, 0.29) is 54.7 Å². The maximum atomic E-state index is 13.8. The Morgan fingerprint density at radius 2 is 1.04 bits per heavy atom. The van der Waals surface area contributed by atoms with E-state index in [9.17, 15) is 40.1 Å². The van der Waals surface area contributed by atoms with E-state index in [1.165, 1.54) is 0 Å². The first kappa shape index (κ1) is 36.8. The second-order valence-corrected chi connectivity index (χ2v) is 17.3. The van der Waals surface area contributed by atoms with Crippen LogP contribution in [0.4, 0.5) is 17.6 Å². The van der Waals surface area contributed by atoms with Crippen LogP contribution in [0.3, 0.4) is 0 Å². The number of alkyl halides is 4. The first-order chi connectivity index (χ1) is 20.9. The molecule has 0 saturated heterocycles. The summed E-state index contributed by atoms with van der Waals surface area (Å²) >= 11 is 0. The fourth-order valence-electron chi connectivity index (χ4n) is 10.4. The molecule has 256 valence electrons. The Morgan fingerprint density at radius 3 is 1.37 bits per heavy atom. The quantitative estimate of drug-likeness (QED) is 0.0514. The predicted molar refractivity (Wildman–Crippen MR) is 147 cm³/mol. The molecule has 0 spiro atoms. The molecule has 8 rings (SSSR count). The van der Waals surface area contributed by atoms with Crippen molar-refractivity contribution in [2.24, 2.45) is 51.8 Å². The van der Waals surface area contributed by atoms with Crippen molar-refractivity contribution in [2.75, 3.05) is 26.4 Å². The number of esters is 2. The summed E-state index contributed by atoms with van der Waals surface area (Å²) in [5.74, 6) is -2.74. The molecule has 15 heteroatoms. The summed E-state index contributed by atoms with van der Waals surface area (Å²) in [6, 6.07) is 0. The van der Waals surface area contributed by atoms with Crippen LogP contribution in [0.1, 0.15) is 90.4 Å². The second-order valence-electron chi connectivity index (χ2n) is 15.9. The number of carbonyl (C=O) groups excluding carboxylic acids is 2. The Balaban J connectivity index is 0.00000417. The zero-order valence-corrected chi connectivity index (χ0v) is 29.4. The maximum Gasteiger partial charge on any atom is 1.00 e. The van der Waals surface area contributed by atoms with Crippen LogP contribution in [0.25, 0.3) is 0 Å². The van der Waals surface area contributed by atoms with Gasteiger partial charge in [0.25, 0.3) is 0 Å². The molecule has 8 bridgehead atoms. The summed E-state index contributed by atoms with van der Waals surface area (Å²) in [6.45, 7) is -0.365. The van der Waals surface area contributed by atoms with Crippen molar-refractivity contribution in [3.63, 3.8) is 0 Å². The number of hydrogen-bond acceptors (Lipinski definition) is 9. The van der Waals surface area contributed by atoms with Crippen molar-refractivity contribution in [3.8, 4) is 0 Å². The standard InChI is InChI=1S/C31H44F4O9S.Na/c1-27(18-44-43-3-2-30(32,33)31(34,35)45(38,39)40,16-41-25(36)28-10-19-4-20(11-28)6-21(5-19)12-28)17-42-26(37)29-13-22-7-23(14-29)9-24(8-22)15-29;/h19-24H,2-18H2,1H3,(H,38,39,40);/q;+1/p-1. The van der Waals surface area contributed by atoms with Gasteiger partial charge in [-0.3, -0.25) is 9.59 Å². The number of rotatable bonds is 14. The Kier molecular flexibility index (Phi) is 10.4. The van der Waals surface area contributed by atoms with Gasteiger partial charge in [-0.05, 0) is 113 Å². The summed E-state index contributed by atoms with van der Waals surface area (Å²) in [5.41, 5.74) is -2.25. The minimum absolute atomic E-state index is 0. The Morgan fingerprint density at radius 1 is 0.696 bits per heavy atom. The molecule has 0 radical (unpaired) electrons. The van der Waals surface area contributed by atoms with Gasteiger partial charge in [0.05, 0.1) is 29.5 Å². The number of ether oxygens (including phenoxy) is 2. The van der Waals surface area contributed by atoms with Crippen molar-refractivity contribution < 1.29 is 88.9 Å². The van der Waals surface area contributed by atoms with Crippen molar-refractivity contribution in [3.05, 3.63) is 0 Å². The van der Waals surface area contributed by atoms with Gasteiger partial charge in [0, 0.05) is 6.42 Å². The van der Waals surface area contributed by atoms with Crippen LogP contribution in [0.5, 0.6) is 0 Å². The fraction of sp³-hybridized carbons (Fsp3) is 0.935. The molecule has 8 fully saturated rings. The first-order valence-corrected chi connectivity index (χ1v) is 17.6. The Hall–Kier alpha value is -0.510. The number of hydrogen-bond donors (Lipinski definition) is 0. The van der Waals surface area contributed by atoms with E-state index < -0.39 is 57.2 Å². The van der Waals surface area contributed by atoms with Gasteiger partial charge in [0.2, 0.25) is 0 Å². The van der Waals surface area contributed by atoms with Crippen LogP contribution in [0.15, 0.2) is 0 Å². The molecule has 8 aliphatic carbocycles. The molecular formula is C31H43F4NaO9S. The minimum Gasteiger partial charge on any atom is -0.743 e. The zero-order chi connectivity index (χ0) is 32.5. The summed E-state index contributed by atoms with van der Waals surface area (Å²) < 4.78 is 98.2. The third kappa shape index (κ3) is 7.06. The molecule has 0 heterocycles. The monoisotopic (exact) mass is 690 g/mol. The summed E-state index contributed by atoms with van der Waals surface area (Å²) in [5, 5.41) is -5.82. The maximum absolute atomic E-state index is 13.8. The molecular weight excluding hydrogens is 647 g/mol. The smallest absolute Gasteiger partial charge is 0.743 e. The topological polar surface area (TPSA) is 128 Å². The van der Waals surface area contributed by atoms with Gasteiger partial charge in [0.15, 0.2) is 10.1 Å². The van der Waals surface area contributed by atoms with Crippen LogP contribution >= 0.6 is 0 Å². The summed E-state index contributed by atoms with van der Waals surface area (Å²) in [6.07, 6.45) is 9.75. The number of carbonyl (C=O) groups is 2. The van der Waals surface area contributed by atoms with Gasteiger partial charge >= 0.3 is 52.7 Å². The van der Waals surface area contributed by atoms with Gasteiger partial charge in [-0.15, -0.1) is 0 Å². The Bertz CT molecular complexity index is 1150. The molecule has 46 heavy (non-hydrogen) atoms. The van der Waals surface area contributed by atoms with Gasteiger partial charge in [0.1, 0.15) is 13.2 Å². The van der Waals surface area contributed by atoms with E-state index >= 15 is 0 Å². The van der Waals surface area contributed by atoms with Crippen LogP contribution in [-0.4, -0.2) is 62.5 Å². The molecule has 8 aliphatic rings. The summed E-state index contributed by atoms with van der Waals surface area (Å²) in [7, 11) is -6.62. The van der Waals surface area contributed by atoms with E-state index in [1.54, 1.807) is 6.92 Å². The SMILES string of the molecule is CC(COOCCC(F)(F)C(F)(F)S(=O)(=O)[O-])(COC(=O)C12CC3CC(CC(C3)C1)C2)COC(=O)C12CC3CC(CC(C3)C1)C2.[Na+].